The molecule has 0 atom stereocenters. The van der Waals surface area contributed by atoms with Crippen LogP contribution in [0, 0.1) is 0 Å². The van der Waals surface area contributed by atoms with Crippen molar-refractivity contribution in [3.05, 3.63) is 0 Å². The first-order chi connectivity index (χ1) is 6.37. The summed E-state index contributed by atoms with van der Waals surface area (Å²) in [5, 5.41) is 0. The van der Waals surface area contributed by atoms with E-state index in [1.807, 2.05) is 0 Å². The second kappa shape index (κ2) is 4.64. The van der Waals surface area contributed by atoms with Crippen molar-refractivity contribution in [2.75, 3.05) is 33.2 Å². The summed E-state index contributed by atoms with van der Waals surface area (Å²) in [6, 6.07) is 0. The molecule has 0 bridgehead atoms. The fourth-order valence-electron chi connectivity index (χ4n) is 1.67. The monoisotopic (exact) mass is 234 g/mol. The molecule has 0 rings (SSSR count). The van der Waals surface area contributed by atoms with E-state index < -0.39 is 10.2 Å². The van der Waals surface area contributed by atoms with E-state index in [-0.39, 0.29) is 5.54 Å². The standard InChI is InChI=1S/C12H30N2S/c1-11(2,3)15(8,9)13-12(4,5)10-14(6)7/h13H,10H2,1-9H3. The number of nitrogens with one attached hydrogen (secondary N) is 1. The van der Waals surface area contributed by atoms with Gasteiger partial charge in [0.2, 0.25) is 0 Å². The van der Waals surface area contributed by atoms with Crippen molar-refractivity contribution >= 4 is 10.2 Å². The minimum Gasteiger partial charge on any atom is -0.308 e. The van der Waals surface area contributed by atoms with Gasteiger partial charge in [0, 0.05) is 16.8 Å². The maximum atomic E-state index is 3.85. The second-order valence-electron chi connectivity index (χ2n) is 6.66. The molecule has 0 saturated heterocycles. The molecular formula is C12H30N2S. The van der Waals surface area contributed by atoms with Crippen molar-refractivity contribution < 1.29 is 0 Å². The van der Waals surface area contributed by atoms with Crippen LogP contribution in [0.2, 0.25) is 0 Å². The van der Waals surface area contributed by atoms with Crippen LogP contribution < -0.4 is 4.72 Å². The fourth-order valence-corrected chi connectivity index (χ4v) is 3.42. The third kappa shape index (κ3) is 5.23. The van der Waals surface area contributed by atoms with Gasteiger partial charge in [-0.05, 0) is 40.5 Å². The second-order valence-corrected chi connectivity index (χ2v) is 10.7. The summed E-state index contributed by atoms with van der Waals surface area (Å²) in [6.07, 6.45) is 4.73. The Morgan fingerprint density at radius 2 is 1.40 bits per heavy atom. The third-order valence-electron chi connectivity index (χ3n) is 2.77. The summed E-state index contributed by atoms with van der Waals surface area (Å²) < 4.78 is 4.19. The Morgan fingerprint density at radius 1 is 1.00 bits per heavy atom. The van der Waals surface area contributed by atoms with Crippen LogP contribution >= 0.6 is 10.2 Å². The predicted molar refractivity (Wildman–Crippen MR) is 75.0 cm³/mol. The normalized spacial score (nSPS) is 15.9. The van der Waals surface area contributed by atoms with Gasteiger partial charge in [-0.3, -0.25) is 4.72 Å². The molecular weight excluding hydrogens is 204 g/mol. The van der Waals surface area contributed by atoms with E-state index in [0.717, 1.165) is 6.54 Å². The van der Waals surface area contributed by atoms with E-state index in [1.165, 1.54) is 0 Å². The van der Waals surface area contributed by atoms with Gasteiger partial charge in [-0.2, -0.15) is 10.2 Å². The lowest BCUT2D eigenvalue weighted by molar-refractivity contribution is 0.301. The number of rotatable bonds is 4. The van der Waals surface area contributed by atoms with Gasteiger partial charge in [-0.15, -0.1) is 0 Å². The molecule has 0 fully saturated rings. The summed E-state index contributed by atoms with van der Waals surface area (Å²) in [5.74, 6) is 0. The molecule has 0 spiro atoms. The molecule has 0 radical (unpaired) electrons. The lowest BCUT2D eigenvalue weighted by Gasteiger charge is -2.50. The fraction of sp³-hybridized carbons (Fsp3) is 1.00. The molecule has 0 amide bonds. The zero-order chi connectivity index (χ0) is 12.5. The molecule has 0 unspecified atom stereocenters. The van der Waals surface area contributed by atoms with Crippen molar-refractivity contribution in [3.8, 4) is 0 Å². The van der Waals surface area contributed by atoms with Crippen molar-refractivity contribution in [1.82, 2.24) is 9.62 Å². The van der Waals surface area contributed by atoms with Crippen LogP contribution in [-0.4, -0.2) is 48.3 Å². The highest BCUT2D eigenvalue weighted by molar-refractivity contribution is 8.32. The van der Waals surface area contributed by atoms with Crippen LogP contribution in [0.1, 0.15) is 34.6 Å². The van der Waals surface area contributed by atoms with Gasteiger partial charge in [0.25, 0.3) is 0 Å². The van der Waals surface area contributed by atoms with Crippen LogP contribution in [0.5, 0.6) is 0 Å². The Labute approximate surface area is 98.3 Å². The van der Waals surface area contributed by atoms with Crippen LogP contribution in [0.15, 0.2) is 0 Å². The number of nitrogens with zero attached hydrogens (tertiary/aromatic N) is 1. The molecule has 0 aliphatic heterocycles. The SMILES string of the molecule is CN(C)CC(C)(C)NS(C)(C)C(C)(C)C. The summed E-state index contributed by atoms with van der Waals surface area (Å²) in [5.41, 5.74) is 0.176. The van der Waals surface area contributed by atoms with E-state index in [1.54, 1.807) is 0 Å². The van der Waals surface area contributed by atoms with Gasteiger partial charge >= 0.3 is 0 Å². The molecule has 0 saturated carbocycles. The minimum absolute atomic E-state index is 0.176. The van der Waals surface area contributed by atoms with Crippen molar-refractivity contribution in [1.29, 1.82) is 0 Å². The Bertz CT molecular complexity index is 202. The predicted octanol–water partition coefficient (Wildman–Crippen LogP) is 2.69. The number of likely N-dealkylation sites (N-methyl/N-ethyl adjacent to an activating group) is 1. The van der Waals surface area contributed by atoms with E-state index in [0.29, 0.717) is 4.75 Å². The van der Waals surface area contributed by atoms with E-state index in [9.17, 15) is 0 Å². The number of hydrogen-bond donors (Lipinski definition) is 1. The smallest absolute Gasteiger partial charge is 0.0338 e. The summed E-state index contributed by atoms with van der Waals surface area (Å²) in [7, 11) is 3.48. The number of hydrogen-bond acceptors (Lipinski definition) is 2. The highest BCUT2D eigenvalue weighted by Gasteiger charge is 2.33. The van der Waals surface area contributed by atoms with Crippen LogP contribution in [0.3, 0.4) is 0 Å². The van der Waals surface area contributed by atoms with Crippen LogP contribution in [-0.2, 0) is 0 Å². The van der Waals surface area contributed by atoms with Crippen LogP contribution in [0.25, 0.3) is 0 Å². The highest BCUT2D eigenvalue weighted by atomic mass is 32.3. The molecule has 94 valence electrons. The summed E-state index contributed by atoms with van der Waals surface area (Å²) in [6.45, 7) is 12.6. The van der Waals surface area contributed by atoms with Crippen molar-refractivity contribution in [3.63, 3.8) is 0 Å². The first kappa shape index (κ1) is 15.3. The lowest BCUT2D eigenvalue weighted by Crippen LogP contribution is -2.51. The third-order valence-corrected chi connectivity index (χ3v) is 6.90. The summed E-state index contributed by atoms with van der Waals surface area (Å²) in [4.78, 5) is 2.24. The Kier molecular flexibility index (Phi) is 4.72. The molecule has 0 aromatic rings. The average Bonchev–Trinajstić information content (AvgIpc) is 1.75. The van der Waals surface area contributed by atoms with Crippen molar-refractivity contribution in [2.45, 2.75) is 44.9 Å². The molecule has 0 aromatic carbocycles. The first-order valence-corrected chi connectivity index (χ1v) is 7.99. The van der Waals surface area contributed by atoms with Gasteiger partial charge in [0.15, 0.2) is 0 Å². The van der Waals surface area contributed by atoms with Gasteiger partial charge in [0.1, 0.15) is 0 Å². The highest BCUT2D eigenvalue weighted by Crippen LogP contribution is 2.50. The molecule has 0 aliphatic carbocycles. The van der Waals surface area contributed by atoms with Gasteiger partial charge in [-0.1, -0.05) is 20.8 Å². The molecule has 1 N–H and O–H groups in total. The Hall–Kier alpha value is 0.270. The van der Waals surface area contributed by atoms with Gasteiger partial charge < -0.3 is 4.90 Å². The molecule has 15 heavy (non-hydrogen) atoms. The zero-order valence-electron chi connectivity index (χ0n) is 12.1. The quantitative estimate of drug-likeness (QED) is 0.804. The van der Waals surface area contributed by atoms with Crippen LogP contribution in [0.4, 0.5) is 0 Å². The first-order valence-electron chi connectivity index (χ1n) is 5.54. The molecule has 0 aromatic heterocycles. The van der Waals surface area contributed by atoms with Gasteiger partial charge in [-0.25, -0.2) is 0 Å². The Balaban J connectivity index is 4.57. The molecule has 3 heteroatoms. The maximum absolute atomic E-state index is 3.85. The molecule has 2 nitrogen and oxygen atoms in total. The minimum atomic E-state index is -0.778. The van der Waals surface area contributed by atoms with Gasteiger partial charge in [0.05, 0.1) is 0 Å². The molecule has 0 aliphatic rings. The average molecular weight is 234 g/mol. The van der Waals surface area contributed by atoms with E-state index in [2.05, 4.69) is 70.8 Å². The van der Waals surface area contributed by atoms with E-state index >= 15 is 0 Å². The Morgan fingerprint density at radius 3 is 1.67 bits per heavy atom. The van der Waals surface area contributed by atoms with E-state index in [4.69, 9.17) is 0 Å². The topological polar surface area (TPSA) is 15.3 Å². The van der Waals surface area contributed by atoms with Crippen molar-refractivity contribution in [2.24, 2.45) is 0 Å². The molecule has 0 heterocycles. The zero-order valence-corrected chi connectivity index (χ0v) is 12.9. The summed E-state index contributed by atoms with van der Waals surface area (Å²) >= 11 is 0. The lowest BCUT2D eigenvalue weighted by atomic mass is 10.1. The maximum Gasteiger partial charge on any atom is 0.0338 e. The largest absolute Gasteiger partial charge is 0.308 e.